The number of hydrogen-bond donors (Lipinski definition) is 1. The summed E-state index contributed by atoms with van der Waals surface area (Å²) in [6, 6.07) is 0. The van der Waals surface area contributed by atoms with Crippen LogP contribution < -0.4 is 0 Å². The van der Waals surface area contributed by atoms with Crippen molar-refractivity contribution in [3.8, 4) is 12.3 Å². The fourth-order valence-electron chi connectivity index (χ4n) is 0.233. The van der Waals surface area contributed by atoms with Gasteiger partial charge in [-0.2, -0.15) is 0 Å². The third-order valence-corrected chi connectivity index (χ3v) is 0.639. The summed E-state index contributed by atoms with van der Waals surface area (Å²) in [7, 11) is 0. The van der Waals surface area contributed by atoms with Crippen LogP contribution in [0.1, 0.15) is 6.92 Å². The molecule has 50 valence electrons. The van der Waals surface area contributed by atoms with E-state index in [2.05, 4.69) is 10.7 Å². The van der Waals surface area contributed by atoms with Gasteiger partial charge in [-0.05, 0) is 6.92 Å². The molecule has 1 N–H and O–H groups in total. The van der Waals surface area contributed by atoms with Crippen molar-refractivity contribution < 1.29 is 14.6 Å². The van der Waals surface area contributed by atoms with Gasteiger partial charge in [0.15, 0.2) is 6.61 Å². The Morgan fingerprint density at radius 3 is 2.89 bits per heavy atom. The molecule has 0 aliphatic rings. The van der Waals surface area contributed by atoms with Gasteiger partial charge in [-0.3, -0.25) is 0 Å². The normalized spacial score (nSPS) is 11.7. The van der Waals surface area contributed by atoms with Gasteiger partial charge in [-0.25, -0.2) is 4.79 Å². The Bertz CT molecular complexity index is 132. The number of carbonyl (C=O) groups excluding carboxylic acids is 1. The largest absolute Gasteiger partial charge is 0.451 e. The van der Waals surface area contributed by atoms with E-state index in [9.17, 15) is 4.79 Å². The molecule has 0 aromatic heterocycles. The molecule has 0 fully saturated rings. The van der Waals surface area contributed by atoms with Gasteiger partial charge in [0.2, 0.25) is 0 Å². The molecule has 0 saturated heterocycles. The van der Waals surface area contributed by atoms with Crippen molar-refractivity contribution in [3.63, 3.8) is 0 Å². The molecule has 3 nitrogen and oxygen atoms in total. The van der Waals surface area contributed by atoms with E-state index in [1.54, 1.807) is 0 Å². The molecule has 0 aromatic carbocycles. The van der Waals surface area contributed by atoms with Gasteiger partial charge in [0.25, 0.3) is 0 Å². The maximum absolute atomic E-state index is 10.3. The molecule has 0 rings (SSSR count). The number of ether oxygens (including phenoxy) is 1. The number of terminal acetylenes is 1. The van der Waals surface area contributed by atoms with Crippen molar-refractivity contribution in [1.82, 2.24) is 0 Å². The maximum atomic E-state index is 10.3. The van der Waals surface area contributed by atoms with E-state index in [1.165, 1.54) is 6.92 Å². The minimum atomic E-state index is -1.08. The molecule has 0 aliphatic carbocycles. The van der Waals surface area contributed by atoms with Crippen LogP contribution in [0.4, 0.5) is 0 Å². The highest BCUT2D eigenvalue weighted by atomic mass is 16.6. The molecule has 9 heavy (non-hydrogen) atoms. The minimum Gasteiger partial charge on any atom is -0.451 e. The second-order valence-electron chi connectivity index (χ2n) is 1.49. The number of esters is 1. The summed E-state index contributed by atoms with van der Waals surface area (Å²) in [6.45, 7) is 1.24. The molecular formula is C6H8O3. The Morgan fingerprint density at radius 2 is 2.56 bits per heavy atom. The Labute approximate surface area is 53.6 Å². The Kier molecular flexibility index (Phi) is 3.49. The summed E-state index contributed by atoms with van der Waals surface area (Å²) in [5.74, 6) is 1.41. The molecule has 0 bridgehead atoms. The van der Waals surface area contributed by atoms with E-state index >= 15 is 0 Å². The van der Waals surface area contributed by atoms with Gasteiger partial charge in [-0.15, -0.1) is 6.42 Å². The lowest BCUT2D eigenvalue weighted by Gasteiger charge is -2.00. The maximum Gasteiger partial charge on any atom is 0.335 e. The van der Waals surface area contributed by atoms with Crippen LogP contribution in [-0.2, 0) is 9.53 Å². The van der Waals surface area contributed by atoms with E-state index in [0.717, 1.165) is 0 Å². The van der Waals surface area contributed by atoms with Crippen molar-refractivity contribution >= 4 is 5.97 Å². The van der Waals surface area contributed by atoms with Crippen LogP contribution in [-0.4, -0.2) is 23.8 Å². The number of aliphatic hydroxyl groups excluding tert-OH is 1. The average Bonchev–Trinajstić information content (AvgIpc) is 1.82. The Balaban J connectivity index is 3.42. The molecular weight excluding hydrogens is 121 g/mol. The molecule has 0 spiro atoms. The minimum absolute atomic E-state index is 0.0796. The third-order valence-electron chi connectivity index (χ3n) is 0.639. The standard InChI is InChI=1S/C6H8O3/c1-3-4-9-6(8)5(2)7/h1,5,7H,4H2,2H3/t5-/m0/s1/i6+1. The van der Waals surface area contributed by atoms with Crippen molar-refractivity contribution in [3.05, 3.63) is 0 Å². The lowest BCUT2D eigenvalue weighted by molar-refractivity contribution is -0.150. The zero-order chi connectivity index (χ0) is 7.28. The lowest BCUT2D eigenvalue weighted by Crippen LogP contribution is -2.19. The summed E-state index contributed by atoms with van der Waals surface area (Å²) < 4.78 is 4.33. The molecule has 0 aromatic rings. The number of carbonyl (C=O) groups is 1. The zero-order valence-corrected chi connectivity index (χ0v) is 5.13. The lowest BCUT2D eigenvalue weighted by atomic mass is 10.6. The molecule has 0 radical (unpaired) electrons. The van der Waals surface area contributed by atoms with Crippen molar-refractivity contribution in [2.45, 2.75) is 13.0 Å². The first-order chi connectivity index (χ1) is 4.18. The SMILES string of the molecule is C#CCO[13C](=O)[C@H](C)O. The van der Waals surface area contributed by atoms with Gasteiger partial charge < -0.3 is 9.84 Å². The first kappa shape index (κ1) is 7.99. The van der Waals surface area contributed by atoms with E-state index in [-0.39, 0.29) is 6.61 Å². The van der Waals surface area contributed by atoms with E-state index < -0.39 is 12.1 Å². The van der Waals surface area contributed by atoms with Crippen molar-refractivity contribution in [2.75, 3.05) is 6.61 Å². The van der Waals surface area contributed by atoms with E-state index in [4.69, 9.17) is 11.5 Å². The second-order valence-corrected chi connectivity index (χ2v) is 1.49. The van der Waals surface area contributed by atoms with Gasteiger partial charge in [0.1, 0.15) is 6.10 Å². The van der Waals surface area contributed by atoms with Crippen LogP contribution >= 0.6 is 0 Å². The highest BCUT2D eigenvalue weighted by Gasteiger charge is 2.07. The van der Waals surface area contributed by atoms with Crippen LogP contribution in [0.5, 0.6) is 0 Å². The van der Waals surface area contributed by atoms with Crippen LogP contribution in [0.2, 0.25) is 0 Å². The predicted molar refractivity (Wildman–Crippen MR) is 31.5 cm³/mol. The van der Waals surface area contributed by atoms with Crippen molar-refractivity contribution in [1.29, 1.82) is 0 Å². The van der Waals surface area contributed by atoms with Crippen LogP contribution in [0.3, 0.4) is 0 Å². The molecule has 0 heterocycles. The molecule has 3 heteroatoms. The molecule has 0 aliphatic heterocycles. The van der Waals surface area contributed by atoms with Crippen LogP contribution in [0.25, 0.3) is 0 Å². The molecule has 1 atom stereocenters. The molecule has 0 amide bonds. The monoisotopic (exact) mass is 129 g/mol. The number of hydrogen-bond acceptors (Lipinski definition) is 3. The molecule has 0 saturated carbocycles. The summed E-state index contributed by atoms with van der Waals surface area (Å²) >= 11 is 0. The van der Waals surface area contributed by atoms with E-state index in [0.29, 0.717) is 0 Å². The number of rotatable bonds is 2. The molecule has 0 unspecified atom stereocenters. The first-order valence-corrected chi connectivity index (χ1v) is 2.46. The number of aliphatic hydroxyl groups is 1. The highest BCUT2D eigenvalue weighted by molar-refractivity contribution is 5.73. The summed E-state index contributed by atoms with van der Waals surface area (Å²) in [5, 5.41) is 8.50. The second kappa shape index (κ2) is 3.93. The van der Waals surface area contributed by atoms with Gasteiger partial charge in [-0.1, -0.05) is 5.92 Å². The topological polar surface area (TPSA) is 46.5 Å². The summed E-state index contributed by atoms with van der Waals surface area (Å²) in [5.41, 5.74) is 0. The summed E-state index contributed by atoms with van der Waals surface area (Å²) in [4.78, 5) is 10.3. The first-order valence-electron chi connectivity index (χ1n) is 2.46. The van der Waals surface area contributed by atoms with Gasteiger partial charge >= 0.3 is 5.97 Å². The fourth-order valence-corrected chi connectivity index (χ4v) is 0.233. The quantitative estimate of drug-likeness (QED) is 0.312. The van der Waals surface area contributed by atoms with Crippen molar-refractivity contribution in [2.24, 2.45) is 0 Å². The smallest absolute Gasteiger partial charge is 0.335 e. The van der Waals surface area contributed by atoms with Gasteiger partial charge in [0, 0.05) is 0 Å². The highest BCUT2D eigenvalue weighted by Crippen LogP contribution is 1.84. The fraction of sp³-hybridized carbons (Fsp3) is 0.500. The summed E-state index contributed by atoms with van der Waals surface area (Å²) in [6.07, 6.45) is 3.68. The van der Waals surface area contributed by atoms with Crippen LogP contribution in [0, 0.1) is 12.3 Å². The van der Waals surface area contributed by atoms with Crippen LogP contribution in [0.15, 0.2) is 0 Å². The predicted octanol–water partition coefficient (Wildman–Crippen LogP) is -0.456. The Morgan fingerprint density at radius 1 is 2.00 bits per heavy atom. The zero-order valence-electron chi connectivity index (χ0n) is 5.13. The van der Waals surface area contributed by atoms with Gasteiger partial charge in [0.05, 0.1) is 0 Å². The Hall–Kier alpha value is -1.01. The average molecular weight is 129 g/mol. The third kappa shape index (κ3) is 3.56. The van der Waals surface area contributed by atoms with E-state index in [1.807, 2.05) is 0 Å².